The maximum atomic E-state index is 5.37. The molecule has 1 heterocycles. The van der Waals surface area contributed by atoms with E-state index >= 15 is 0 Å². The van der Waals surface area contributed by atoms with E-state index in [-0.39, 0.29) is 0 Å². The zero-order valence-corrected chi connectivity index (χ0v) is 12.2. The summed E-state index contributed by atoms with van der Waals surface area (Å²) in [6, 6.07) is 0.348. The van der Waals surface area contributed by atoms with E-state index in [0.29, 0.717) is 18.3 Å². The van der Waals surface area contributed by atoms with Gasteiger partial charge in [0.1, 0.15) is 0 Å². The summed E-state index contributed by atoms with van der Waals surface area (Å²) in [4.78, 5) is 8.67. The highest BCUT2D eigenvalue weighted by Gasteiger charge is 2.27. The predicted octanol–water partition coefficient (Wildman–Crippen LogP) is 1.77. The van der Waals surface area contributed by atoms with E-state index in [0.717, 1.165) is 10.9 Å². The van der Waals surface area contributed by atoms with Crippen LogP contribution in [0.3, 0.4) is 0 Å². The maximum absolute atomic E-state index is 5.37. The normalized spacial score (nSPS) is 11.1. The molecule has 0 amide bonds. The summed E-state index contributed by atoms with van der Waals surface area (Å²) in [6.45, 7) is 10.5. The smallest absolute Gasteiger partial charge is 0.319 e. The molecular formula is C12H20N2O2Si. The fraction of sp³-hybridized carbons (Fsp3) is 0.500. The van der Waals surface area contributed by atoms with E-state index in [9.17, 15) is 0 Å². The lowest BCUT2D eigenvalue weighted by atomic mass is 10.3. The number of rotatable bonds is 5. The molecule has 0 atom stereocenters. The van der Waals surface area contributed by atoms with E-state index in [4.69, 9.17) is 9.47 Å². The molecule has 5 heteroatoms. The van der Waals surface area contributed by atoms with Crippen LogP contribution in [0.2, 0.25) is 19.6 Å². The summed E-state index contributed by atoms with van der Waals surface area (Å²) >= 11 is 0. The van der Waals surface area contributed by atoms with Gasteiger partial charge in [-0.05, 0) is 0 Å². The number of hydrogen-bond donors (Lipinski definition) is 0. The highest BCUT2D eigenvalue weighted by atomic mass is 28.3. The molecule has 0 spiro atoms. The number of aromatic nitrogens is 2. The van der Waals surface area contributed by atoms with Gasteiger partial charge in [-0.3, -0.25) is 0 Å². The molecule has 17 heavy (non-hydrogen) atoms. The van der Waals surface area contributed by atoms with Crippen molar-refractivity contribution in [1.29, 1.82) is 0 Å². The molecule has 0 bridgehead atoms. The van der Waals surface area contributed by atoms with Gasteiger partial charge in [0, 0.05) is 11.6 Å². The first-order valence-corrected chi connectivity index (χ1v) is 9.04. The molecule has 0 N–H and O–H groups in total. The molecule has 0 fully saturated rings. The molecule has 4 nitrogen and oxygen atoms in total. The average Bonchev–Trinajstić information content (AvgIpc) is 2.26. The Labute approximate surface area is 104 Å². The molecule has 1 rings (SSSR count). The summed E-state index contributed by atoms with van der Waals surface area (Å²) in [7, 11) is 1.61. The van der Waals surface area contributed by atoms with Crippen LogP contribution in [0.15, 0.2) is 12.7 Å². The van der Waals surface area contributed by atoms with Crippen LogP contribution < -0.4 is 14.7 Å². The Kier molecular flexibility index (Phi) is 4.28. The van der Waals surface area contributed by atoms with E-state index in [1.807, 2.05) is 6.08 Å². The van der Waals surface area contributed by atoms with Crippen LogP contribution in [0.25, 0.3) is 0 Å². The summed E-state index contributed by atoms with van der Waals surface area (Å²) in [5.74, 6) is 0.632. The molecule has 0 aliphatic heterocycles. The number of methoxy groups -OCH3 is 2. The van der Waals surface area contributed by atoms with E-state index in [1.54, 1.807) is 14.2 Å². The highest BCUT2D eigenvalue weighted by Crippen LogP contribution is 2.18. The first kappa shape index (κ1) is 13.7. The summed E-state index contributed by atoms with van der Waals surface area (Å²) < 4.78 is 10.5. The zero-order valence-electron chi connectivity index (χ0n) is 11.2. The Balaban J connectivity index is 3.46. The van der Waals surface area contributed by atoms with Crippen molar-refractivity contribution in [2.24, 2.45) is 0 Å². The Bertz CT molecular complexity index is 414. The molecular weight excluding hydrogens is 232 g/mol. The third kappa shape index (κ3) is 3.06. The second-order valence-corrected chi connectivity index (χ2v) is 9.78. The minimum atomic E-state index is -1.57. The van der Waals surface area contributed by atoms with Crippen LogP contribution in [-0.4, -0.2) is 32.3 Å². The first-order chi connectivity index (χ1) is 7.93. The molecule has 0 saturated heterocycles. The van der Waals surface area contributed by atoms with Gasteiger partial charge >= 0.3 is 6.01 Å². The van der Waals surface area contributed by atoms with Crippen LogP contribution in [-0.2, 0) is 6.42 Å². The van der Waals surface area contributed by atoms with Crippen molar-refractivity contribution in [1.82, 2.24) is 9.97 Å². The van der Waals surface area contributed by atoms with Gasteiger partial charge in [-0.25, -0.2) is 0 Å². The lowest BCUT2D eigenvalue weighted by Crippen LogP contribution is -2.42. The van der Waals surface area contributed by atoms with Gasteiger partial charge in [0.2, 0.25) is 5.88 Å². The largest absolute Gasteiger partial charge is 0.481 e. The highest BCUT2D eigenvalue weighted by molar-refractivity contribution is 6.89. The standard InChI is InChI=1S/C12H20N2O2Si/c1-7-8-9-10(17(4,5)6)11(15-2)14-12(13-9)16-3/h7H,1,8H2,2-6H3. The number of hydrogen-bond acceptors (Lipinski definition) is 4. The second-order valence-electron chi connectivity index (χ2n) is 4.78. The molecule has 0 aliphatic carbocycles. The van der Waals surface area contributed by atoms with Gasteiger partial charge in [-0.15, -0.1) is 6.58 Å². The number of ether oxygens (including phenoxy) is 2. The SMILES string of the molecule is C=CCc1nc(OC)nc(OC)c1[Si](C)(C)C. The quantitative estimate of drug-likeness (QED) is 0.592. The van der Waals surface area contributed by atoms with Crippen molar-refractivity contribution in [3.05, 3.63) is 18.3 Å². The molecule has 1 aromatic rings. The summed E-state index contributed by atoms with van der Waals surface area (Å²) in [6.07, 6.45) is 2.54. The zero-order chi connectivity index (χ0) is 13.1. The molecule has 0 radical (unpaired) electrons. The van der Waals surface area contributed by atoms with Crippen molar-refractivity contribution in [2.75, 3.05) is 14.2 Å². The summed E-state index contributed by atoms with van der Waals surface area (Å²) in [5, 5.41) is 1.14. The van der Waals surface area contributed by atoms with Crippen molar-refractivity contribution in [2.45, 2.75) is 26.1 Å². The van der Waals surface area contributed by atoms with Gasteiger partial charge in [0.05, 0.1) is 28.0 Å². The molecule has 1 aromatic heterocycles. The summed E-state index contributed by atoms with van der Waals surface area (Å²) in [5.41, 5.74) is 0.961. The Hall–Kier alpha value is -1.36. The van der Waals surface area contributed by atoms with Crippen LogP contribution >= 0.6 is 0 Å². The predicted molar refractivity (Wildman–Crippen MR) is 72.0 cm³/mol. The lowest BCUT2D eigenvalue weighted by molar-refractivity contribution is 0.352. The topological polar surface area (TPSA) is 44.2 Å². The van der Waals surface area contributed by atoms with Crippen molar-refractivity contribution in [3.8, 4) is 11.9 Å². The number of nitrogens with zero attached hydrogens (tertiary/aromatic N) is 2. The number of allylic oxidation sites excluding steroid dienone is 1. The van der Waals surface area contributed by atoms with Gasteiger partial charge in [0.25, 0.3) is 0 Å². The van der Waals surface area contributed by atoms with Crippen LogP contribution in [0, 0.1) is 0 Å². The van der Waals surface area contributed by atoms with Gasteiger partial charge in [-0.2, -0.15) is 9.97 Å². The minimum Gasteiger partial charge on any atom is -0.481 e. The van der Waals surface area contributed by atoms with Gasteiger partial charge in [-0.1, -0.05) is 25.7 Å². The average molecular weight is 252 g/mol. The fourth-order valence-electron chi connectivity index (χ4n) is 1.74. The van der Waals surface area contributed by atoms with Crippen LogP contribution in [0.1, 0.15) is 5.69 Å². The van der Waals surface area contributed by atoms with Gasteiger partial charge < -0.3 is 9.47 Å². The molecule has 0 unspecified atom stereocenters. The van der Waals surface area contributed by atoms with E-state index in [1.165, 1.54) is 0 Å². The van der Waals surface area contributed by atoms with Gasteiger partial charge in [0.15, 0.2) is 0 Å². The maximum Gasteiger partial charge on any atom is 0.319 e. The van der Waals surface area contributed by atoms with Crippen LogP contribution in [0.5, 0.6) is 11.9 Å². The fourth-order valence-corrected chi connectivity index (χ4v) is 3.56. The van der Waals surface area contributed by atoms with E-state index in [2.05, 4.69) is 36.2 Å². The minimum absolute atomic E-state index is 0.348. The van der Waals surface area contributed by atoms with Crippen molar-refractivity contribution in [3.63, 3.8) is 0 Å². The van der Waals surface area contributed by atoms with Crippen LogP contribution in [0.4, 0.5) is 0 Å². The van der Waals surface area contributed by atoms with Crippen molar-refractivity contribution < 1.29 is 9.47 Å². The molecule has 0 aliphatic rings. The molecule has 0 aromatic carbocycles. The third-order valence-corrected chi connectivity index (χ3v) is 4.40. The van der Waals surface area contributed by atoms with E-state index < -0.39 is 8.07 Å². The monoisotopic (exact) mass is 252 g/mol. The Morgan fingerprint density at radius 3 is 2.24 bits per heavy atom. The Morgan fingerprint density at radius 1 is 1.18 bits per heavy atom. The van der Waals surface area contributed by atoms with Crippen molar-refractivity contribution >= 4 is 13.3 Å². The Morgan fingerprint density at radius 2 is 1.82 bits per heavy atom. The third-order valence-electron chi connectivity index (χ3n) is 2.39. The first-order valence-electron chi connectivity index (χ1n) is 5.54. The lowest BCUT2D eigenvalue weighted by Gasteiger charge is -2.22. The second kappa shape index (κ2) is 5.31. The molecule has 0 saturated carbocycles. The molecule has 94 valence electrons.